The second kappa shape index (κ2) is 7.03. The number of nitrogens with zero attached hydrogens (tertiary/aromatic N) is 3. The van der Waals surface area contributed by atoms with Gasteiger partial charge in [0.1, 0.15) is 0 Å². The van der Waals surface area contributed by atoms with Crippen molar-refractivity contribution in [2.24, 2.45) is 0 Å². The van der Waals surface area contributed by atoms with Crippen molar-refractivity contribution in [3.8, 4) is 0 Å². The molecule has 134 valence electrons. The molecule has 2 aromatic heterocycles. The molecule has 4 rings (SSSR count). The minimum atomic E-state index is -0.361. The lowest BCUT2D eigenvalue weighted by Crippen LogP contribution is -2.41. The SMILES string of the molecule is Cc1ccccc1Cn1c(=O)n(Cc2ccccc2)c(=O)c2ncccc21. The van der Waals surface area contributed by atoms with Gasteiger partial charge in [-0.1, -0.05) is 54.6 Å². The zero-order valence-corrected chi connectivity index (χ0v) is 15.0. The van der Waals surface area contributed by atoms with Gasteiger partial charge < -0.3 is 0 Å². The van der Waals surface area contributed by atoms with Crippen molar-refractivity contribution >= 4 is 11.0 Å². The van der Waals surface area contributed by atoms with Gasteiger partial charge >= 0.3 is 5.69 Å². The van der Waals surface area contributed by atoms with Crippen LogP contribution in [0.3, 0.4) is 0 Å². The predicted molar refractivity (Wildman–Crippen MR) is 106 cm³/mol. The van der Waals surface area contributed by atoms with Crippen LogP contribution in [0.4, 0.5) is 0 Å². The lowest BCUT2D eigenvalue weighted by Gasteiger charge is -2.15. The van der Waals surface area contributed by atoms with E-state index in [4.69, 9.17) is 0 Å². The maximum atomic E-state index is 13.2. The molecule has 5 heteroatoms. The van der Waals surface area contributed by atoms with E-state index in [0.29, 0.717) is 17.6 Å². The van der Waals surface area contributed by atoms with Gasteiger partial charge in [-0.2, -0.15) is 0 Å². The van der Waals surface area contributed by atoms with E-state index in [1.165, 1.54) is 4.57 Å². The Kier molecular flexibility index (Phi) is 4.42. The number of rotatable bonds is 4. The first-order chi connectivity index (χ1) is 13.1. The van der Waals surface area contributed by atoms with Gasteiger partial charge in [-0.15, -0.1) is 0 Å². The molecular formula is C22H19N3O2. The molecule has 0 bridgehead atoms. The quantitative estimate of drug-likeness (QED) is 0.564. The van der Waals surface area contributed by atoms with Crippen LogP contribution in [0.1, 0.15) is 16.7 Å². The first-order valence-electron chi connectivity index (χ1n) is 8.82. The van der Waals surface area contributed by atoms with Crippen molar-refractivity contribution in [2.45, 2.75) is 20.0 Å². The van der Waals surface area contributed by atoms with Crippen LogP contribution in [0.5, 0.6) is 0 Å². The van der Waals surface area contributed by atoms with Gasteiger partial charge in [-0.05, 0) is 35.7 Å². The van der Waals surface area contributed by atoms with E-state index in [-0.39, 0.29) is 17.8 Å². The van der Waals surface area contributed by atoms with Gasteiger partial charge in [0.15, 0.2) is 5.52 Å². The molecule has 0 radical (unpaired) electrons. The highest BCUT2D eigenvalue weighted by Crippen LogP contribution is 2.12. The van der Waals surface area contributed by atoms with E-state index in [2.05, 4.69) is 4.98 Å². The molecule has 2 aromatic carbocycles. The Morgan fingerprint density at radius 1 is 0.815 bits per heavy atom. The molecule has 0 saturated heterocycles. The van der Waals surface area contributed by atoms with Crippen molar-refractivity contribution in [3.63, 3.8) is 0 Å². The second-order valence-electron chi connectivity index (χ2n) is 6.54. The van der Waals surface area contributed by atoms with E-state index < -0.39 is 0 Å². The smallest absolute Gasteiger partial charge is 0.287 e. The van der Waals surface area contributed by atoms with Crippen molar-refractivity contribution in [1.82, 2.24) is 14.1 Å². The van der Waals surface area contributed by atoms with Gasteiger partial charge in [0, 0.05) is 6.20 Å². The third kappa shape index (κ3) is 3.19. The Balaban J connectivity index is 1.93. The number of aromatic nitrogens is 3. The number of fused-ring (bicyclic) bond motifs is 1. The summed E-state index contributed by atoms with van der Waals surface area (Å²) >= 11 is 0. The highest BCUT2D eigenvalue weighted by atomic mass is 16.2. The minimum Gasteiger partial charge on any atom is -0.287 e. The lowest BCUT2D eigenvalue weighted by molar-refractivity contribution is 0.632. The fourth-order valence-electron chi connectivity index (χ4n) is 3.26. The Hall–Kier alpha value is -3.47. The molecule has 0 amide bonds. The molecule has 5 nitrogen and oxygen atoms in total. The number of benzene rings is 2. The number of aryl methyl sites for hydroxylation is 1. The van der Waals surface area contributed by atoms with Crippen LogP contribution in [0.25, 0.3) is 11.0 Å². The first-order valence-corrected chi connectivity index (χ1v) is 8.82. The Labute approximate surface area is 156 Å². The zero-order chi connectivity index (χ0) is 18.8. The van der Waals surface area contributed by atoms with E-state index in [9.17, 15) is 9.59 Å². The fourth-order valence-corrected chi connectivity index (χ4v) is 3.26. The van der Waals surface area contributed by atoms with Gasteiger partial charge in [0.25, 0.3) is 5.56 Å². The second-order valence-corrected chi connectivity index (χ2v) is 6.54. The summed E-state index contributed by atoms with van der Waals surface area (Å²) in [6.07, 6.45) is 1.58. The number of hydrogen-bond acceptors (Lipinski definition) is 3. The molecule has 0 unspecified atom stereocenters. The molecule has 0 saturated carbocycles. The number of hydrogen-bond donors (Lipinski definition) is 0. The van der Waals surface area contributed by atoms with E-state index in [1.54, 1.807) is 22.9 Å². The van der Waals surface area contributed by atoms with Crippen molar-refractivity contribution in [3.05, 3.63) is 110 Å². The highest BCUT2D eigenvalue weighted by Gasteiger charge is 2.15. The highest BCUT2D eigenvalue weighted by molar-refractivity contribution is 5.73. The minimum absolute atomic E-state index is 0.221. The van der Waals surface area contributed by atoms with Gasteiger partial charge in [0.2, 0.25) is 0 Å². The molecule has 27 heavy (non-hydrogen) atoms. The van der Waals surface area contributed by atoms with Crippen LogP contribution in [0.2, 0.25) is 0 Å². The topological polar surface area (TPSA) is 56.9 Å². The normalized spacial score (nSPS) is 11.0. The van der Waals surface area contributed by atoms with E-state index in [1.807, 2.05) is 61.5 Å². The van der Waals surface area contributed by atoms with Crippen molar-refractivity contribution < 1.29 is 0 Å². The Morgan fingerprint density at radius 2 is 1.56 bits per heavy atom. The van der Waals surface area contributed by atoms with Gasteiger partial charge in [-0.25, -0.2) is 9.78 Å². The van der Waals surface area contributed by atoms with Crippen LogP contribution >= 0.6 is 0 Å². The summed E-state index contributed by atoms with van der Waals surface area (Å²) in [7, 11) is 0. The fraction of sp³-hybridized carbons (Fsp3) is 0.136. The van der Waals surface area contributed by atoms with E-state index in [0.717, 1.165) is 16.7 Å². The molecule has 0 atom stereocenters. The predicted octanol–water partition coefficient (Wildman–Crippen LogP) is 2.96. The third-order valence-electron chi connectivity index (χ3n) is 4.76. The third-order valence-corrected chi connectivity index (χ3v) is 4.76. The van der Waals surface area contributed by atoms with Crippen LogP contribution in [0.15, 0.2) is 82.5 Å². The van der Waals surface area contributed by atoms with Crippen LogP contribution in [-0.2, 0) is 13.1 Å². The Morgan fingerprint density at radius 3 is 2.33 bits per heavy atom. The maximum absolute atomic E-state index is 13.2. The molecule has 0 N–H and O–H groups in total. The molecule has 0 aliphatic rings. The van der Waals surface area contributed by atoms with Crippen LogP contribution in [-0.4, -0.2) is 14.1 Å². The largest absolute Gasteiger partial charge is 0.332 e. The van der Waals surface area contributed by atoms with Crippen molar-refractivity contribution in [1.29, 1.82) is 0 Å². The molecule has 2 heterocycles. The summed E-state index contributed by atoms with van der Waals surface area (Å²) in [5.41, 5.74) is 3.21. The molecule has 4 aromatic rings. The Bertz CT molecular complexity index is 1220. The van der Waals surface area contributed by atoms with Gasteiger partial charge in [-0.3, -0.25) is 13.9 Å². The summed E-state index contributed by atoms with van der Waals surface area (Å²) in [4.78, 5) is 30.4. The average molecular weight is 357 g/mol. The summed E-state index contributed by atoms with van der Waals surface area (Å²) in [5.74, 6) is 0. The maximum Gasteiger partial charge on any atom is 0.332 e. The van der Waals surface area contributed by atoms with Crippen LogP contribution < -0.4 is 11.2 Å². The molecule has 0 aliphatic heterocycles. The average Bonchev–Trinajstić information content (AvgIpc) is 2.70. The lowest BCUT2D eigenvalue weighted by atomic mass is 10.1. The molecule has 0 aliphatic carbocycles. The number of pyridine rings is 1. The van der Waals surface area contributed by atoms with E-state index >= 15 is 0 Å². The summed E-state index contributed by atoms with van der Waals surface area (Å²) < 4.78 is 2.90. The summed E-state index contributed by atoms with van der Waals surface area (Å²) in [5, 5.41) is 0. The first kappa shape index (κ1) is 17.0. The molecular weight excluding hydrogens is 338 g/mol. The summed E-state index contributed by atoms with van der Waals surface area (Å²) in [6.45, 7) is 2.63. The molecule has 0 fully saturated rings. The monoisotopic (exact) mass is 357 g/mol. The zero-order valence-electron chi connectivity index (χ0n) is 15.0. The summed E-state index contributed by atoms with van der Waals surface area (Å²) in [6, 6.07) is 21.0. The standard InChI is InChI=1S/C22H19N3O2/c1-16-8-5-6-11-18(16)15-24-19-12-7-13-23-20(19)21(26)25(22(24)27)14-17-9-3-2-4-10-17/h2-13H,14-15H2,1H3. The van der Waals surface area contributed by atoms with Crippen LogP contribution in [0, 0.1) is 6.92 Å². The molecule has 0 spiro atoms. The van der Waals surface area contributed by atoms with Crippen molar-refractivity contribution in [2.75, 3.05) is 0 Å². The van der Waals surface area contributed by atoms with Gasteiger partial charge in [0.05, 0.1) is 18.6 Å².